The number of aliphatic imine (C=N–C) groups is 1. The lowest BCUT2D eigenvalue weighted by molar-refractivity contribution is 0.835. The molecule has 2 aromatic rings. The molecule has 2 rings (SSSR count). The van der Waals surface area contributed by atoms with Crippen LogP contribution in [0.4, 0.5) is 0 Å². The standard InChI is InChI=1S/C13H21N7S/c1-10-12(20-9-18-10)7-21-5-4-17-13(14)16-3-2-11-6-15-8-19-11/h6,8-9H,2-5,7H2,1H3,(H,15,19)(H,18,20)(H3,14,16,17). The Morgan fingerprint density at radius 1 is 1.43 bits per heavy atom. The van der Waals surface area contributed by atoms with Gasteiger partial charge < -0.3 is 21.0 Å². The van der Waals surface area contributed by atoms with E-state index < -0.39 is 0 Å². The minimum absolute atomic E-state index is 0.492. The highest BCUT2D eigenvalue weighted by Crippen LogP contribution is 2.11. The van der Waals surface area contributed by atoms with Crippen LogP contribution in [0.3, 0.4) is 0 Å². The molecule has 21 heavy (non-hydrogen) atoms. The molecule has 0 aliphatic heterocycles. The molecule has 0 spiro atoms. The molecule has 0 aliphatic rings. The molecule has 8 heteroatoms. The molecule has 0 atom stereocenters. The number of imidazole rings is 2. The zero-order chi connectivity index (χ0) is 14.9. The van der Waals surface area contributed by atoms with Gasteiger partial charge in [-0.25, -0.2) is 9.97 Å². The summed E-state index contributed by atoms with van der Waals surface area (Å²) in [5.74, 6) is 2.32. The van der Waals surface area contributed by atoms with Gasteiger partial charge in [0.15, 0.2) is 5.96 Å². The van der Waals surface area contributed by atoms with E-state index in [-0.39, 0.29) is 0 Å². The molecule has 0 bridgehead atoms. The van der Waals surface area contributed by atoms with Crippen LogP contribution in [-0.4, -0.2) is 44.7 Å². The summed E-state index contributed by atoms with van der Waals surface area (Å²) in [6.07, 6.45) is 6.06. The molecule has 0 unspecified atom stereocenters. The second kappa shape index (κ2) is 8.35. The van der Waals surface area contributed by atoms with Gasteiger partial charge in [-0.1, -0.05) is 0 Å². The zero-order valence-corrected chi connectivity index (χ0v) is 12.9. The second-order valence-corrected chi connectivity index (χ2v) is 5.65. The van der Waals surface area contributed by atoms with Crippen molar-refractivity contribution in [2.45, 2.75) is 19.1 Å². The monoisotopic (exact) mass is 307 g/mol. The Bertz CT molecular complexity index is 547. The van der Waals surface area contributed by atoms with Crippen molar-refractivity contribution in [1.29, 1.82) is 0 Å². The lowest BCUT2D eigenvalue weighted by Gasteiger charge is -2.04. The van der Waals surface area contributed by atoms with E-state index in [4.69, 9.17) is 5.73 Å². The molecule has 5 N–H and O–H groups in total. The summed E-state index contributed by atoms with van der Waals surface area (Å²) in [7, 11) is 0. The number of rotatable bonds is 8. The number of guanidine groups is 1. The maximum atomic E-state index is 5.80. The lowest BCUT2D eigenvalue weighted by atomic mass is 10.3. The molecule has 0 saturated heterocycles. The van der Waals surface area contributed by atoms with Crippen molar-refractivity contribution in [3.8, 4) is 0 Å². The van der Waals surface area contributed by atoms with Crippen LogP contribution in [0, 0.1) is 6.92 Å². The van der Waals surface area contributed by atoms with Gasteiger partial charge in [0.1, 0.15) is 0 Å². The van der Waals surface area contributed by atoms with Gasteiger partial charge in [0.2, 0.25) is 0 Å². The third-order valence-corrected chi connectivity index (χ3v) is 3.89. The van der Waals surface area contributed by atoms with E-state index in [2.05, 4.69) is 30.2 Å². The van der Waals surface area contributed by atoms with Crippen molar-refractivity contribution in [1.82, 2.24) is 25.3 Å². The first-order valence-corrected chi connectivity index (χ1v) is 7.99. The number of nitrogens with one attached hydrogen (secondary N) is 3. The van der Waals surface area contributed by atoms with Gasteiger partial charge in [0.05, 0.1) is 24.9 Å². The van der Waals surface area contributed by atoms with Crippen LogP contribution >= 0.6 is 11.8 Å². The van der Waals surface area contributed by atoms with Gasteiger partial charge in [-0.3, -0.25) is 4.99 Å². The van der Waals surface area contributed by atoms with Gasteiger partial charge in [0, 0.05) is 42.1 Å². The Hall–Kier alpha value is -1.96. The number of nitrogens with zero attached hydrogens (tertiary/aromatic N) is 3. The number of hydrogen-bond donors (Lipinski definition) is 4. The summed E-state index contributed by atoms with van der Waals surface area (Å²) in [6.45, 7) is 3.48. The molecule has 0 amide bonds. The number of hydrogen-bond acceptors (Lipinski definition) is 4. The van der Waals surface area contributed by atoms with Crippen molar-refractivity contribution < 1.29 is 0 Å². The molecule has 0 saturated carbocycles. The summed E-state index contributed by atoms with van der Waals surface area (Å²) >= 11 is 1.80. The number of aromatic amines is 2. The smallest absolute Gasteiger partial charge is 0.188 e. The first-order valence-electron chi connectivity index (χ1n) is 6.83. The zero-order valence-electron chi connectivity index (χ0n) is 12.1. The van der Waals surface area contributed by atoms with E-state index in [1.54, 1.807) is 24.4 Å². The van der Waals surface area contributed by atoms with E-state index in [1.165, 1.54) is 0 Å². The summed E-state index contributed by atoms with van der Waals surface area (Å²) in [5.41, 5.74) is 9.12. The Labute approximate surface area is 128 Å². The Morgan fingerprint density at radius 2 is 2.33 bits per heavy atom. The van der Waals surface area contributed by atoms with Crippen LogP contribution in [0.2, 0.25) is 0 Å². The SMILES string of the molecule is Cc1[nH]cnc1CSCCN=C(N)NCCc1cnc[nH]1. The van der Waals surface area contributed by atoms with E-state index in [0.29, 0.717) is 12.5 Å². The van der Waals surface area contributed by atoms with Crippen LogP contribution in [0.5, 0.6) is 0 Å². The molecular formula is C13H21N7S. The molecule has 0 aliphatic carbocycles. The molecular weight excluding hydrogens is 286 g/mol. The number of nitrogens with two attached hydrogens (primary N) is 1. The molecule has 2 aromatic heterocycles. The van der Waals surface area contributed by atoms with Crippen molar-refractivity contribution in [2.24, 2.45) is 10.7 Å². The highest BCUT2D eigenvalue weighted by Gasteiger charge is 2.00. The summed E-state index contributed by atoms with van der Waals surface area (Å²) in [4.78, 5) is 18.6. The average Bonchev–Trinajstić information content (AvgIpc) is 3.11. The summed E-state index contributed by atoms with van der Waals surface area (Å²) in [6, 6.07) is 0. The lowest BCUT2D eigenvalue weighted by Crippen LogP contribution is -2.33. The Morgan fingerprint density at radius 3 is 3.05 bits per heavy atom. The summed E-state index contributed by atoms with van der Waals surface area (Å²) < 4.78 is 0. The maximum Gasteiger partial charge on any atom is 0.188 e. The molecule has 0 fully saturated rings. The average molecular weight is 307 g/mol. The molecule has 7 nitrogen and oxygen atoms in total. The van der Waals surface area contributed by atoms with Crippen LogP contribution in [0.1, 0.15) is 17.1 Å². The van der Waals surface area contributed by atoms with Crippen molar-refractivity contribution in [3.05, 3.63) is 35.9 Å². The normalized spacial score (nSPS) is 11.8. The molecule has 114 valence electrons. The predicted molar refractivity (Wildman–Crippen MR) is 86.3 cm³/mol. The summed E-state index contributed by atoms with van der Waals surface area (Å²) in [5, 5.41) is 3.09. The first kappa shape index (κ1) is 15.4. The van der Waals surface area contributed by atoms with Crippen LogP contribution in [0.15, 0.2) is 23.8 Å². The van der Waals surface area contributed by atoms with Crippen LogP contribution in [-0.2, 0) is 12.2 Å². The number of aromatic nitrogens is 4. The van der Waals surface area contributed by atoms with E-state index in [9.17, 15) is 0 Å². The van der Waals surface area contributed by atoms with Crippen LogP contribution in [0.25, 0.3) is 0 Å². The topological polar surface area (TPSA) is 108 Å². The Balaban J connectivity index is 1.55. The van der Waals surface area contributed by atoms with Gasteiger partial charge in [0.25, 0.3) is 0 Å². The van der Waals surface area contributed by atoms with Crippen LogP contribution < -0.4 is 11.1 Å². The van der Waals surface area contributed by atoms with E-state index in [1.807, 2.05) is 13.1 Å². The van der Waals surface area contributed by atoms with E-state index in [0.717, 1.165) is 41.6 Å². The van der Waals surface area contributed by atoms with Crippen molar-refractivity contribution >= 4 is 17.7 Å². The number of H-pyrrole nitrogens is 2. The third-order valence-electron chi connectivity index (χ3n) is 2.95. The third kappa shape index (κ3) is 5.50. The fourth-order valence-corrected chi connectivity index (χ4v) is 2.58. The highest BCUT2D eigenvalue weighted by atomic mass is 32.2. The fourth-order valence-electron chi connectivity index (χ4n) is 1.73. The second-order valence-electron chi connectivity index (χ2n) is 4.55. The maximum absolute atomic E-state index is 5.80. The van der Waals surface area contributed by atoms with E-state index >= 15 is 0 Å². The first-order chi connectivity index (χ1) is 10.3. The minimum atomic E-state index is 0.492. The molecule has 2 heterocycles. The number of thioether (sulfide) groups is 1. The van der Waals surface area contributed by atoms with Gasteiger partial charge in [-0.05, 0) is 6.92 Å². The van der Waals surface area contributed by atoms with Crippen molar-refractivity contribution in [2.75, 3.05) is 18.8 Å². The largest absolute Gasteiger partial charge is 0.370 e. The quantitative estimate of drug-likeness (QED) is 0.328. The highest BCUT2D eigenvalue weighted by molar-refractivity contribution is 7.98. The molecule has 0 aromatic carbocycles. The predicted octanol–water partition coefficient (Wildman–Crippen LogP) is 0.821. The van der Waals surface area contributed by atoms with Gasteiger partial charge >= 0.3 is 0 Å². The fraction of sp³-hybridized carbons (Fsp3) is 0.462. The van der Waals surface area contributed by atoms with Crippen molar-refractivity contribution in [3.63, 3.8) is 0 Å². The minimum Gasteiger partial charge on any atom is -0.370 e. The molecule has 0 radical (unpaired) electrons. The Kier molecular flexibility index (Phi) is 6.14. The number of aryl methyl sites for hydroxylation is 1. The van der Waals surface area contributed by atoms with Gasteiger partial charge in [-0.15, -0.1) is 0 Å². The van der Waals surface area contributed by atoms with Gasteiger partial charge in [-0.2, -0.15) is 11.8 Å².